The number of halogens is 2. The van der Waals surface area contributed by atoms with Crippen molar-refractivity contribution in [1.29, 1.82) is 0 Å². The summed E-state index contributed by atoms with van der Waals surface area (Å²) in [5, 5.41) is 1.17. The monoisotopic (exact) mass is 308 g/mol. The molecule has 4 nitrogen and oxygen atoms in total. The summed E-state index contributed by atoms with van der Waals surface area (Å²) in [5.74, 6) is 0.601. The number of fused-ring (bicyclic) bond motifs is 1. The average molecular weight is 309 g/mol. The van der Waals surface area contributed by atoms with E-state index in [9.17, 15) is 0 Å². The smallest absolute Gasteiger partial charge is 0.130 e. The minimum atomic E-state index is 0.583. The highest BCUT2D eigenvalue weighted by Gasteiger charge is 2.19. The highest BCUT2D eigenvalue weighted by molar-refractivity contribution is 6.42. The van der Waals surface area contributed by atoms with Crippen LogP contribution in [0.25, 0.3) is 0 Å². The van der Waals surface area contributed by atoms with Gasteiger partial charge in [0.2, 0.25) is 0 Å². The number of hydrogen-bond acceptors (Lipinski definition) is 4. The van der Waals surface area contributed by atoms with Crippen molar-refractivity contribution >= 4 is 29.0 Å². The lowest BCUT2D eigenvalue weighted by atomic mass is 10.0. The molecule has 0 bridgehead atoms. The number of nitrogen functional groups attached to an aromatic ring is 1. The third-order valence-corrected chi connectivity index (χ3v) is 4.25. The Morgan fingerprint density at radius 2 is 2.05 bits per heavy atom. The maximum Gasteiger partial charge on any atom is 0.130 e. The lowest BCUT2D eigenvalue weighted by Gasteiger charge is -2.28. The maximum absolute atomic E-state index is 6.05. The summed E-state index contributed by atoms with van der Waals surface area (Å²) in [5.41, 5.74) is 9.12. The van der Waals surface area contributed by atoms with E-state index in [4.69, 9.17) is 28.9 Å². The highest BCUT2D eigenvalue weighted by Crippen LogP contribution is 2.25. The standard InChI is InChI=1S/C14H14Cl2N4/c15-11-2-1-9(5-12(11)16)6-20-4-3-10-13(7-20)18-8-19-14(10)17/h1-2,5,8H,3-4,6-7H2,(H2,17,18,19). The van der Waals surface area contributed by atoms with Gasteiger partial charge in [0.05, 0.1) is 15.7 Å². The summed E-state index contributed by atoms with van der Waals surface area (Å²) < 4.78 is 0. The van der Waals surface area contributed by atoms with Crippen LogP contribution < -0.4 is 5.73 Å². The summed E-state index contributed by atoms with van der Waals surface area (Å²) >= 11 is 12.0. The lowest BCUT2D eigenvalue weighted by molar-refractivity contribution is 0.241. The highest BCUT2D eigenvalue weighted by atomic mass is 35.5. The van der Waals surface area contributed by atoms with E-state index in [2.05, 4.69) is 14.9 Å². The largest absolute Gasteiger partial charge is 0.383 e. The van der Waals surface area contributed by atoms with Gasteiger partial charge in [-0.1, -0.05) is 29.3 Å². The zero-order valence-electron chi connectivity index (χ0n) is 10.8. The van der Waals surface area contributed by atoms with Crippen LogP contribution in [-0.2, 0) is 19.5 Å². The number of benzene rings is 1. The van der Waals surface area contributed by atoms with Crippen LogP contribution in [0.1, 0.15) is 16.8 Å². The molecule has 0 saturated carbocycles. The number of nitrogens with zero attached hydrogens (tertiary/aromatic N) is 3. The number of anilines is 1. The molecule has 0 amide bonds. The molecule has 3 rings (SSSR count). The molecule has 0 radical (unpaired) electrons. The van der Waals surface area contributed by atoms with Crippen molar-refractivity contribution in [1.82, 2.24) is 14.9 Å². The molecule has 20 heavy (non-hydrogen) atoms. The Kier molecular flexibility index (Phi) is 3.78. The third kappa shape index (κ3) is 2.73. The van der Waals surface area contributed by atoms with Crippen molar-refractivity contribution < 1.29 is 0 Å². The molecule has 1 aliphatic heterocycles. The molecule has 2 aromatic rings. The van der Waals surface area contributed by atoms with Crippen LogP contribution in [0.3, 0.4) is 0 Å². The van der Waals surface area contributed by atoms with Crippen molar-refractivity contribution in [2.75, 3.05) is 12.3 Å². The van der Waals surface area contributed by atoms with Crippen LogP contribution >= 0.6 is 23.2 Å². The van der Waals surface area contributed by atoms with Gasteiger partial charge in [0.1, 0.15) is 12.1 Å². The van der Waals surface area contributed by atoms with E-state index in [-0.39, 0.29) is 0 Å². The number of aromatic nitrogens is 2. The fourth-order valence-corrected chi connectivity index (χ4v) is 2.79. The SMILES string of the molecule is Nc1ncnc2c1CCN(Cc1ccc(Cl)c(Cl)c1)C2. The van der Waals surface area contributed by atoms with Crippen molar-refractivity contribution in [3.8, 4) is 0 Å². The predicted molar refractivity (Wildman–Crippen MR) is 80.7 cm³/mol. The van der Waals surface area contributed by atoms with E-state index in [1.807, 2.05) is 18.2 Å². The van der Waals surface area contributed by atoms with Crippen molar-refractivity contribution in [2.45, 2.75) is 19.5 Å². The second-order valence-corrected chi connectivity index (χ2v) is 5.71. The molecule has 0 aliphatic carbocycles. The van der Waals surface area contributed by atoms with Crippen LogP contribution in [0, 0.1) is 0 Å². The molecule has 2 N–H and O–H groups in total. The van der Waals surface area contributed by atoms with Crippen molar-refractivity contribution in [3.05, 3.63) is 51.4 Å². The van der Waals surface area contributed by atoms with Gasteiger partial charge in [-0.2, -0.15) is 0 Å². The Morgan fingerprint density at radius 3 is 2.85 bits per heavy atom. The average Bonchev–Trinajstić information content (AvgIpc) is 2.43. The Bertz CT molecular complexity index is 645. The summed E-state index contributed by atoms with van der Waals surface area (Å²) in [6.45, 7) is 2.54. The van der Waals surface area contributed by atoms with Crippen LogP contribution in [0.15, 0.2) is 24.5 Å². The molecule has 0 spiro atoms. The molecule has 6 heteroatoms. The fraction of sp³-hybridized carbons (Fsp3) is 0.286. The molecule has 0 fully saturated rings. The van der Waals surface area contributed by atoms with Gasteiger partial charge in [0.25, 0.3) is 0 Å². The zero-order valence-corrected chi connectivity index (χ0v) is 12.3. The summed E-state index contributed by atoms with van der Waals surface area (Å²) in [7, 11) is 0. The molecule has 2 heterocycles. The molecule has 0 saturated heterocycles. The Morgan fingerprint density at radius 1 is 1.20 bits per heavy atom. The Hall–Kier alpha value is -1.36. The van der Waals surface area contributed by atoms with Gasteiger partial charge >= 0.3 is 0 Å². The number of hydrogen-bond donors (Lipinski definition) is 1. The van der Waals surface area contributed by atoms with E-state index < -0.39 is 0 Å². The molecular formula is C14H14Cl2N4. The minimum Gasteiger partial charge on any atom is -0.383 e. The molecule has 1 aromatic carbocycles. The van der Waals surface area contributed by atoms with E-state index >= 15 is 0 Å². The fourth-order valence-electron chi connectivity index (χ4n) is 2.46. The van der Waals surface area contributed by atoms with E-state index in [0.717, 1.165) is 42.9 Å². The van der Waals surface area contributed by atoms with Gasteiger partial charge in [0.15, 0.2) is 0 Å². The van der Waals surface area contributed by atoms with Crippen LogP contribution in [-0.4, -0.2) is 21.4 Å². The van der Waals surface area contributed by atoms with Gasteiger partial charge in [-0.3, -0.25) is 4.90 Å². The first kappa shape index (κ1) is 13.6. The van der Waals surface area contributed by atoms with Crippen LogP contribution in [0.2, 0.25) is 10.0 Å². The van der Waals surface area contributed by atoms with Gasteiger partial charge in [-0.15, -0.1) is 0 Å². The van der Waals surface area contributed by atoms with Gasteiger partial charge in [0, 0.05) is 25.2 Å². The molecule has 0 unspecified atom stereocenters. The summed E-state index contributed by atoms with van der Waals surface area (Å²) in [4.78, 5) is 10.7. The first-order chi connectivity index (χ1) is 9.63. The Balaban J connectivity index is 1.76. The second-order valence-electron chi connectivity index (χ2n) is 4.89. The second kappa shape index (κ2) is 5.56. The first-order valence-electron chi connectivity index (χ1n) is 6.38. The van der Waals surface area contributed by atoms with Crippen LogP contribution in [0.5, 0.6) is 0 Å². The van der Waals surface area contributed by atoms with Gasteiger partial charge in [-0.05, 0) is 24.1 Å². The summed E-state index contributed by atoms with van der Waals surface area (Å²) in [6.07, 6.45) is 2.40. The zero-order chi connectivity index (χ0) is 14.1. The van der Waals surface area contributed by atoms with Crippen molar-refractivity contribution in [3.63, 3.8) is 0 Å². The minimum absolute atomic E-state index is 0.583. The number of nitrogens with two attached hydrogens (primary N) is 1. The first-order valence-corrected chi connectivity index (χ1v) is 7.13. The number of rotatable bonds is 2. The van der Waals surface area contributed by atoms with E-state index in [1.165, 1.54) is 6.33 Å². The Labute approximate surface area is 127 Å². The van der Waals surface area contributed by atoms with Gasteiger partial charge in [-0.25, -0.2) is 9.97 Å². The quantitative estimate of drug-likeness (QED) is 0.927. The predicted octanol–water partition coefficient (Wildman–Crippen LogP) is 2.92. The molecule has 104 valence electrons. The van der Waals surface area contributed by atoms with E-state index in [0.29, 0.717) is 15.9 Å². The lowest BCUT2D eigenvalue weighted by Crippen LogP contribution is -2.31. The normalized spacial score (nSPS) is 15.1. The van der Waals surface area contributed by atoms with Gasteiger partial charge < -0.3 is 5.73 Å². The summed E-state index contributed by atoms with van der Waals surface area (Å²) in [6, 6.07) is 5.74. The topological polar surface area (TPSA) is 55.0 Å². The van der Waals surface area contributed by atoms with Crippen LogP contribution in [0.4, 0.5) is 5.82 Å². The molecule has 1 aliphatic rings. The van der Waals surface area contributed by atoms with E-state index in [1.54, 1.807) is 0 Å². The maximum atomic E-state index is 6.05. The molecule has 1 aromatic heterocycles. The third-order valence-electron chi connectivity index (χ3n) is 3.51. The van der Waals surface area contributed by atoms with Crippen molar-refractivity contribution in [2.24, 2.45) is 0 Å². The molecular weight excluding hydrogens is 295 g/mol. The molecule has 0 atom stereocenters.